The molecule has 0 aliphatic heterocycles. The van der Waals surface area contributed by atoms with Crippen molar-refractivity contribution < 1.29 is 4.39 Å². The van der Waals surface area contributed by atoms with Gasteiger partial charge in [0.2, 0.25) is 0 Å². The third kappa shape index (κ3) is 3.34. The Kier molecular flexibility index (Phi) is 4.36. The van der Waals surface area contributed by atoms with Gasteiger partial charge >= 0.3 is 0 Å². The van der Waals surface area contributed by atoms with Crippen molar-refractivity contribution in [2.75, 3.05) is 6.54 Å². The average Bonchev–Trinajstić information content (AvgIpc) is 2.90. The minimum Gasteiger partial charge on any atom is -0.361 e. The van der Waals surface area contributed by atoms with Crippen LogP contribution in [0.4, 0.5) is 4.39 Å². The topological polar surface area (TPSA) is 27.8 Å². The summed E-state index contributed by atoms with van der Waals surface area (Å²) in [6.45, 7) is 1.35. The number of aromatic amines is 1. The first-order valence-corrected chi connectivity index (χ1v) is 7.73. The highest BCUT2D eigenvalue weighted by Crippen LogP contribution is 2.18. The molecule has 21 heavy (non-hydrogen) atoms. The molecule has 0 amide bonds. The summed E-state index contributed by atoms with van der Waals surface area (Å²) in [6, 6.07) is 13.3. The number of para-hydroxylation sites is 1. The maximum Gasteiger partial charge on any atom is 0.127 e. The highest BCUT2D eigenvalue weighted by molar-refractivity contribution is 9.10. The van der Waals surface area contributed by atoms with Crippen molar-refractivity contribution in [1.29, 1.82) is 0 Å². The highest BCUT2D eigenvalue weighted by atomic mass is 79.9. The van der Waals surface area contributed by atoms with E-state index in [0.29, 0.717) is 12.1 Å². The van der Waals surface area contributed by atoms with Crippen molar-refractivity contribution in [3.05, 3.63) is 70.1 Å². The van der Waals surface area contributed by atoms with Gasteiger partial charge in [-0.25, -0.2) is 4.39 Å². The molecule has 2 aromatic carbocycles. The number of hydrogen-bond donors (Lipinski definition) is 2. The summed E-state index contributed by atoms with van der Waals surface area (Å²) >= 11 is 3.37. The molecular weight excluding hydrogens is 331 g/mol. The monoisotopic (exact) mass is 346 g/mol. The molecule has 0 aliphatic rings. The van der Waals surface area contributed by atoms with E-state index in [1.54, 1.807) is 6.07 Å². The Bertz CT molecular complexity index is 751. The van der Waals surface area contributed by atoms with Crippen LogP contribution in [0, 0.1) is 5.82 Å². The summed E-state index contributed by atoms with van der Waals surface area (Å²) in [5, 5.41) is 4.56. The molecule has 3 rings (SSSR count). The van der Waals surface area contributed by atoms with Crippen LogP contribution in [0.2, 0.25) is 0 Å². The second-order valence-electron chi connectivity index (χ2n) is 5.02. The van der Waals surface area contributed by atoms with E-state index in [1.165, 1.54) is 17.0 Å². The van der Waals surface area contributed by atoms with Crippen LogP contribution in [-0.4, -0.2) is 11.5 Å². The van der Waals surface area contributed by atoms with Gasteiger partial charge in [-0.15, -0.1) is 0 Å². The summed E-state index contributed by atoms with van der Waals surface area (Å²) in [7, 11) is 0. The molecule has 108 valence electrons. The summed E-state index contributed by atoms with van der Waals surface area (Å²) in [4.78, 5) is 3.27. The molecule has 0 radical (unpaired) electrons. The van der Waals surface area contributed by atoms with E-state index < -0.39 is 0 Å². The summed E-state index contributed by atoms with van der Waals surface area (Å²) in [5.74, 6) is -0.169. The lowest BCUT2D eigenvalue weighted by atomic mass is 10.1. The number of nitrogens with one attached hydrogen (secondary N) is 2. The van der Waals surface area contributed by atoms with Crippen molar-refractivity contribution in [3.63, 3.8) is 0 Å². The van der Waals surface area contributed by atoms with Gasteiger partial charge in [0.25, 0.3) is 0 Å². The van der Waals surface area contributed by atoms with Crippen LogP contribution in [0.3, 0.4) is 0 Å². The number of fused-ring (bicyclic) bond motifs is 1. The third-order valence-corrected chi connectivity index (χ3v) is 4.06. The molecule has 4 heteroatoms. The standard InChI is InChI=1S/C17H16BrFN2/c18-14-5-6-16(19)13(9-14)10-20-8-7-12-11-21-17-4-2-1-3-15(12)17/h1-6,9,11,20-21H,7-8,10H2. The maximum atomic E-state index is 13.6. The lowest BCUT2D eigenvalue weighted by Crippen LogP contribution is -2.17. The summed E-state index contributed by atoms with van der Waals surface area (Å²) in [5.41, 5.74) is 3.13. The fourth-order valence-corrected chi connectivity index (χ4v) is 2.87. The lowest BCUT2D eigenvalue weighted by molar-refractivity contribution is 0.588. The number of aromatic nitrogens is 1. The maximum absolute atomic E-state index is 13.6. The van der Waals surface area contributed by atoms with Gasteiger partial charge in [-0.3, -0.25) is 0 Å². The molecule has 0 unspecified atom stereocenters. The van der Waals surface area contributed by atoms with E-state index in [2.05, 4.69) is 38.4 Å². The predicted octanol–water partition coefficient (Wildman–Crippen LogP) is 4.40. The molecule has 0 spiro atoms. The van der Waals surface area contributed by atoms with Crippen LogP contribution in [0.25, 0.3) is 10.9 Å². The van der Waals surface area contributed by atoms with Gasteiger partial charge in [-0.2, -0.15) is 0 Å². The molecule has 0 aliphatic carbocycles. The first kappa shape index (κ1) is 14.3. The minimum absolute atomic E-state index is 0.169. The van der Waals surface area contributed by atoms with E-state index in [1.807, 2.05) is 24.4 Å². The first-order chi connectivity index (χ1) is 10.2. The Hall–Kier alpha value is -1.65. The van der Waals surface area contributed by atoms with Crippen LogP contribution in [0.5, 0.6) is 0 Å². The summed E-state index contributed by atoms with van der Waals surface area (Å²) < 4.78 is 14.5. The van der Waals surface area contributed by atoms with Crippen molar-refractivity contribution in [2.24, 2.45) is 0 Å². The zero-order valence-electron chi connectivity index (χ0n) is 11.5. The Labute approximate surface area is 131 Å². The number of benzene rings is 2. The second-order valence-corrected chi connectivity index (χ2v) is 5.94. The molecular formula is C17H16BrFN2. The molecule has 3 aromatic rings. The van der Waals surface area contributed by atoms with Crippen molar-refractivity contribution in [1.82, 2.24) is 10.3 Å². The van der Waals surface area contributed by atoms with E-state index in [0.717, 1.165) is 23.0 Å². The number of hydrogen-bond acceptors (Lipinski definition) is 1. The van der Waals surface area contributed by atoms with Crippen molar-refractivity contribution in [2.45, 2.75) is 13.0 Å². The number of rotatable bonds is 5. The Morgan fingerprint density at radius 1 is 1.10 bits per heavy atom. The van der Waals surface area contributed by atoms with E-state index >= 15 is 0 Å². The molecule has 0 bridgehead atoms. The van der Waals surface area contributed by atoms with Gasteiger partial charge < -0.3 is 10.3 Å². The second kappa shape index (κ2) is 6.41. The zero-order chi connectivity index (χ0) is 14.7. The average molecular weight is 347 g/mol. The van der Waals surface area contributed by atoms with Gasteiger partial charge in [0.1, 0.15) is 5.82 Å². The Morgan fingerprint density at radius 3 is 2.86 bits per heavy atom. The zero-order valence-corrected chi connectivity index (χ0v) is 13.1. The fourth-order valence-electron chi connectivity index (χ4n) is 2.46. The Balaban J connectivity index is 1.58. The SMILES string of the molecule is Fc1ccc(Br)cc1CNCCc1c[nH]c2ccccc12. The van der Waals surface area contributed by atoms with Crippen LogP contribution in [0.1, 0.15) is 11.1 Å². The van der Waals surface area contributed by atoms with Crippen LogP contribution in [-0.2, 0) is 13.0 Å². The first-order valence-electron chi connectivity index (χ1n) is 6.93. The van der Waals surface area contributed by atoms with Gasteiger partial charge in [0.15, 0.2) is 0 Å². The molecule has 0 saturated carbocycles. The lowest BCUT2D eigenvalue weighted by Gasteiger charge is -2.06. The largest absolute Gasteiger partial charge is 0.361 e. The number of halogens is 2. The van der Waals surface area contributed by atoms with E-state index in [9.17, 15) is 4.39 Å². The predicted molar refractivity (Wildman–Crippen MR) is 87.8 cm³/mol. The van der Waals surface area contributed by atoms with Gasteiger partial charge in [0, 0.05) is 33.7 Å². The molecule has 0 atom stereocenters. The van der Waals surface area contributed by atoms with Crippen LogP contribution >= 0.6 is 15.9 Å². The summed E-state index contributed by atoms with van der Waals surface area (Å²) in [6.07, 6.45) is 2.96. The highest BCUT2D eigenvalue weighted by Gasteiger charge is 2.04. The normalized spacial score (nSPS) is 11.1. The molecule has 2 nitrogen and oxygen atoms in total. The van der Waals surface area contributed by atoms with Gasteiger partial charge in [-0.1, -0.05) is 34.1 Å². The molecule has 2 N–H and O–H groups in total. The number of H-pyrrole nitrogens is 1. The van der Waals surface area contributed by atoms with E-state index in [4.69, 9.17) is 0 Å². The van der Waals surface area contributed by atoms with Crippen LogP contribution < -0.4 is 5.32 Å². The quantitative estimate of drug-likeness (QED) is 0.658. The van der Waals surface area contributed by atoms with Crippen molar-refractivity contribution in [3.8, 4) is 0 Å². The van der Waals surface area contributed by atoms with E-state index in [-0.39, 0.29) is 5.82 Å². The van der Waals surface area contributed by atoms with Gasteiger partial charge in [-0.05, 0) is 42.8 Å². The molecule has 0 fully saturated rings. The smallest absolute Gasteiger partial charge is 0.127 e. The van der Waals surface area contributed by atoms with Gasteiger partial charge in [0.05, 0.1) is 0 Å². The molecule has 0 saturated heterocycles. The Morgan fingerprint density at radius 2 is 1.95 bits per heavy atom. The minimum atomic E-state index is -0.169. The fraction of sp³-hybridized carbons (Fsp3) is 0.176. The molecule has 1 heterocycles. The third-order valence-electron chi connectivity index (χ3n) is 3.57. The van der Waals surface area contributed by atoms with Crippen molar-refractivity contribution >= 4 is 26.8 Å². The van der Waals surface area contributed by atoms with Crippen LogP contribution in [0.15, 0.2) is 53.1 Å². The molecule has 1 aromatic heterocycles.